The van der Waals surface area contributed by atoms with Gasteiger partial charge in [-0.25, -0.2) is 9.59 Å². The van der Waals surface area contributed by atoms with Gasteiger partial charge in [-0.15, -0.1) is 0 Å². The molecule has 0 spiro atoms. The first-order valence-electron chi connectivity index (χ1n) is 9.42. The van der Waals surface area contributed by atoms with Gasteiger partial charge in [0.05, 0.1) is 13.2 Å². The third-order valence-electron chi connectivity index (χ3n) is 4.67. The van der Waals surface area contributed by atoms with Crippen molar-refractivity contribution in [2.75, 3.05) is 13.2 Å². The minimum Gasteiger partial charge on any atom is -0.461 e. The SMILES string of the molecule is CCOC(=O)c1[nH]c(Cc2[nH]c(C(=O)OCC)c(C)c2C(C)=O)c(C(C)=O)c1C. The van der Waals surface area contributed by atoms with Gasteiger partial charge in [-0.05, 0) is 52.7 Å². The number of carbonyl (C=O) groups excluding carboxylic acids is 4. The summed E-state index contributed by atoms with van der Waals surface area (Å²) < 4.78 is 10.1. The van der Waals surface area contributed by atoms with E-state index >= 15 is 0 Å². The van der Waals surface area contributed by atoms with Crippen LogP contribution in [0.2, 0.25) is 0 Å². The summed E-state index contributed by atoms with van der Waals surface area (Å²) in [5.74, 6) is -1.55. The van der Waals surface area contributed by atoms with Crippen molar-refractivity contribution in [1.82, 2.24) is 9.97 Å². The number of Topliss-reactive ketones (excluding diaryl/α,β-unsaturated/α-hetero) is 2. The minimum absolute atomic E-state index is 0.129. The largest absolute Gasteiger partial charge is 0.461 e. The van der Waals surface area contributed by atoms with E-state index < -0.39 is 11.9 Å². The van der Waals surface area contributed by atoms with Crippen molar-refractivity contribution in [3.8, 4) is 0 Å². The molecule has 0 aliphatic heterocycles. The molecule has 0 aliphatic carbocycles. The molecule has 8 heteroatoms. The molecule has 0 aliphatic rings. The van der Waals surface area contributed by atoms with E-state index in [1.54, 1.807) is 27.7 Å². The van der Waals surface area contributed by atoms with Crippen molar-refractivity contribution >= 4 is 23.5 Å². The molecule has 156 valence electrons. The second-order valence-electron chi connectivity index (χ2n) is 6.69. The predicted octanol–water partition coefficient (Wildman–Crippen LogP) is 3.31. The number of ketones is 2. The molecule has 0 aromatic carbocycles. The Morgan fingerprint density at radius 1 is 0.724 bits per heavy atom. The molecule has 0 atom stereocenters. The molecular formula is C21H26N2O6. The number of ether oxygens (including phenoxy) is 2. The third kappa shape index (κ3) is 4.31. The van der Waals surface area contributed by atoms with Crippen LogP contribution in [0, 0.1) is 13.8 Å². The average molecular weight is 402 g/mol. The Hall–Kier alpha value is -3.16. The van der Waals surface area contributed by atoms with E-state index in [-0.39, 0.29) is 42.6 Å². The summed E-state index contributed by atoms with van der Waals surface area (Å²) in [5.41, 5.74) is 3.05. The monoisotopic (exact) mass is 402 g/mol. The molecule has 2 rings (SSSR count). The number of H-pyrrole nitrogens is 2. The molecule has 0 saturated heterocycles. The average Bonchev–Trinajstić information content (AvgIpc) is 3.12. The van der Waals surface area contributed by atoms with Crippen LogP contribution < -0.4 is 0 Å². The maximum absolute atomic E-state index is 12.2. The molecule has 0 saturated carbocycles. The van der Waals surface area contributed by atoms with Crippen molar-refractivity contribution in [1.29, 1.82) is 0 Å². The molecule has 0 fully saturated rings. The molecule has 0 bridgehead atoms. The van der Waals surface area contributed by atoms with Crippen LogP contribution in [-0.2, 0) is 15.9 Å². The van der Waals surface area contributed by atoms with Crippen molar-refractivity contribution in [3.63, 3.8) is 0 Å². The molecule has 2 aromatic rings. The maximum Gasteiger partial charge on any atom is 0.355 e. The van der Waals surface area contributed by atoms with Crippen molar-refractivity contribution in [2.24, 2.45) is 0 Å². The van der Waals surface area contributed by atoms with Crippen LogP contribution in [0.25, 0.3) is 0 Å². The predicted molar refractivity (Wildman–Crippen MR) is 106 cm³/mol. The van der Waals surface area contributed by atoms with Crippen molar-refractivity contribution in [2.45, 2.75) is 48.0 Å². The van der Waals surface area contributed by atoms with Crippen LogP contribution in [0.3, 0.4) is 0 Å². The van der Waals surface area contributed by atoms with E-state index in [9.17, 15) is 19.2 Å². The lowest BCUT2D eigenvalue weighted by Crippen LogP contribution is -2.07. The summed E-state index contributed by atoms with van der Waals surface area (Å²) in [6, 6.07) is 0. The molecule has 2 N–H and O–H groups in total. The number of hydrogen-bond donors (Lipinski definition) is 2. The topological polar surface area (TPSA) is 118 Å². The van der Waals surface area contributed by atoms with E-state index in [1.165, 1.54) is 13.8 Å². The lowest BCUT2D eigenvalue weighted by Gasteiger charge is -2.04. The van der Waals surface area contributed by atoms with Crippen LogP contribution >= 0.6 is 0 Å². The summed E-state index contributed by atoms with van der Waals surface area (Å²) in [6.45, 7) is 9.94. The Balaban J connectivity index is 2.59. The van der Waals surface area contributed by atoms with Crippen molar-refractivity contribution < 1.29 is 28.7 Å². The smallest absolute Gasteiger partial charge is 0.355 e. The zero-order valence-corrected chi connectivity index (χ0v) is 17.6. The van der Waals surface area contributed by atoms with Gasteiger partial charge in [0.2, 0.25) is 0 Å². The van der Waals surface area contributed by atoms with Gasteiger partial charge >= 0.3 is 11.9 Å². The lowest BCUT2D eigenvalue weighted by molar-refractivity contribution is 0.0510. The highest BCUT2D eigenvalue weighted by Crippen LogP contribution is 2.26. The third-order valence-corrected chi connectivity index (χ3v) is 4.67. The maximum atomic E-state index is 12.2. The first kappa shape index (κ1) is 22.1. The quantitative estimate of drug-likeness (QED) is 0.517. The Bertz CT molecular complexity index is 902. The summed E-state index contributed by atoms with van der Waals surface area (Å²) >= 11 is 0. The van der Waals surface area contributed by atoms with Gasteiger partial charge < -0.3 is 19.4 Å². The van der Waals surface area contributed by atoms with E-state index in [0.29, 0.717) is 33.6 Å². The number of esters is 2. The molecule has 0 unspecified atom stereocenters. The van der Waals surface area contributed by atoms with E-state index in [0.717, 1.165) is 0 Å². The highest BCUT2D eigenvalue weighted by molar-refractivity contribution is 6.03. The van der Waals surface area contributed by atoms with Crippen LogP contribution in [0.1, 0.15) is 91.9 Å². The first-order valence-corrected chi connectivity index (χ1v) is 9.42. The van der Waals surface area contributed by atoms with Gasteiger partial charge in [0, 0.05) is 28.9 Å². The zero-order valence-electron chi connectivity index (χ0n) is 17.6. The summed E-state index contributed by atoms with van der Waals surface area (Å²) in [5, 5.41) is 0. The van der Waals surface area contributed by atoms with E-state index in [1.807, 2.05) is 0 Å². The number of nitrogens with one attached hydrogen (secondary N) is 2. The van der Waals surface area contributed by atoms with Gasteiger partial charge in [-0.3, -0.25) is 9.59 Å². The number of carbonyl (C=O) groups is 4. The number of aromatic nitrogens is 2. The highest BCUT2D eigenvalue weighted by Gasteiger charge is 2.27. The van der Waals surface area contributed by atoms with Crippen LogP contribution in [0.5, 0.6) is 0 Å². The molecule has 2 heterocycles. The minimum atomic E-state index is -0.555. The zero-order chi connectivity index (χ0) is 21.9. The highest BCUT2D eigenvalue weighted by atomic mass is 16.5. The van der Waals surface area contributed by atoms with Gasteiger partial charge in [0.15, 0.2) is 11.6 Å². The van der Waals surface area contributed by atoms with Gasteiger partial charge in [0.1, 0.15) is 11.4 Å². The Morgan fingerprint density at radius 3 is 1.34 bits per heavy atom. The molecule has 8 nitrogen and oxygen atoms in total. The number of hydrogen-bond acceptors (Lipinski definition) is 6. The number of rotatable bonds is 8. The standard InChI is InChI=1S/C21H26N2O6/c1-7-28-20(26)18-10(3)16(12(5)24)14(22-18)9-15-17(13(6)25)11(4)19(23-15)21(27)29-8-2/h22-23H,7-9H2,1-6H3. The fourth-order valence-electron chi connectivity index (χ4n) is 3.53. The summed E-state index contributed by atoms with van der Waals surface area (Å²) in [7, 11) is 0. The normalized spacial score (nSPS) is 10.7. The second-order valence-corrected chi connectivity index (χ2v) is 6.69. The summed E-state index contributed by atoms with van der Waals surface area (Å²) in [6.07, 6.45) is 0.129. The Labute approximate surface area is 169 Å². The van der Waals surface area contributed by atoms with Crippen molar-refractivity contribution in [3.05, 3.63) is 45.0 Å². The van der Waals surface area contributed by atoms with E-state index in [2.05, 4.69) is 9.97 Å². The molecule has 0 radical (unpaired) electrons. The fourth-order valence-corrected chi connectivity index (χ4v) is 3.53. The number of aromatic amines is 2. The van der Waals surface area contributed by atoms with Gasteiger partial charge in [-0.1, -0.05) is 0 Å². The lowest BCUT2D eigenvalue weighted by atomic mass is 10.00. The molecular weight excluding hydrogens is 376 g/mol. The molecule has 29 heavy (non-hydrogen) atoms. The van der Waals surface area contributed by atoms with Gasteiger partial charge in [-0.2, -0.15) is 0 Å². The fraction of sp³-hybridized carbons (Fsp3) is 0.429. The van der Waals surface area contributed by atoms with Gasteiger partial charge in [0.25, 0.3) is 0 Å². The first-order chi connectivity index (χ1) is 13.6. The van der Waals surface area contributed by atoms with Crippen LogP contribution in [0.15, 0.2) is 0 Å². The van der Waals surface area contributed by atoms with Crippen LogP contribution in [-0.4, -0.2) is 46.7 Å². The summed E-state index contributed by atoms with van der Waals surface area (Å²) in [4.78, 5) is 54.8. The Morgan fingerprint density at radius 2 is 1.07 bits per heavy atom. The molecule has 2 aromatic heterocycles. The van der Waals surface area contributed by atoms with Crippen LogP contribution in [0.4, 0.5) is 0 Å². The van der Waals surface area contributed by atoms with E-state index in [4.69, 9.17) is 9.47 Å². The Kier molecular flexibility index (Phi) is 6.79. The second kappa shape index (κ2) is 8.89. The molecule has 0 amide bonds.